The van der Waals surface area contributed by atoms with Crippen LogP contribution in [0.1, 0.15) is 11.1 Å². The van der Waals surface area contributed by atoms with Crippen LogP contribution >= 0.6 is 15.9 Å². The summed E-state index contributed by atoms with van der Waals surface area (Å²) in [4.78, 5) is 0. The van der Waals surface area contributed by atoms with E-state index in [4.69, 9.17) is 0 Å². The van der Waals surface area contributed by atoms with Crippen molar-refractivity contribution in [2.24, 2.45) is 0 Å². The number of fused-ring (bicyclic) bond motifs is 2. The minimum Gasteiger partial charge on any atom is -0.0616 e. The van der Waals surface area contributed by atoms with Gasteiger partial charge in [-0.25, -0.2) is 0 Å². The lowest BCUT2D eigenvalue weighted by molar-refractivity contribution is 1.30. The highest BCUT2D eigenvalue weighted by atomic mass is 79.9. The molecule has 0 bridgehead atoms. The third-order valence-corrected chi connectivity index (χ3v) is 4.43. The van der Waals surface area contributed by atoms with E-state index in [2.05, 4.69) is 82.7 Å². The Balaban J connectivity index is 1.94. The Morgan fingerprint density at radius 3 is 2.55 bits per heavy atom. The lowest BCUT2D eigenvalue weighted by Gasteiger charge is -2.09. The quantitative estimate of drug-likeness (QED) is 0.531. The zero-order valence-electron chi connectivity index (χ0n) is 10.9. The van der Waals surface area contributed by atoms with Crippen LogP contribution in [-0.4, -0.2) is 0 Å². The van der Waals surface area contributed by atoms with Gasteiger partial charge in [0.2, 0.25) is 0 Å². The molecule has 0 fully saturated rings. The molecule has 3 aromatic carbocycles. The van der Waals surface area contributed by atoms with Crippen molar-refractivity contribution in [1.82, 2.24) is 0 Å². The summed E-state index contributed by atoms with van der Waals surface area (Å²) < 4.78 is 1.26. The number of benzene rings is 3. The Hall–Kier alpha value is -1.86. The lowest BCUT2D eigenvalue weighted by atomic mass is 9.95. The molecule has 0 spiro atoms. The lowest BCUT2D eigenvalue weighted by Crippen LogP contribution is -1.87. The van der Waals surface area contributed by atoms with E-state index >= 15 is 0 Å². The van der Waals surface area contributed by atoms with Crippen molar-refractivity contribution in [3.63, 3.8) is 0 Å². The molecule has 0 unspecified atom stereocenters. The zero-order chi connectivity index (χ0) is 13.5. The molecule has 0 nitrogen and oxygen atoms in total. The minimum atomic E-state index is 1.01. The van der Waals surface area contributed by atoms with Gasteiger partial charge in [0.05, 0.1) is 0 Å². The highest BCUT2D eigenvalue weighted by Crippen LogP contribution is 2.36. The average molecular weight is 321 g/mol. The molecule has 0 aliphatic heterocycles. The molecule has 0 heterocycles. The Labute approximate surface area is 126 Å². The maximum atomic E-state index is 3.63. The van der Waals surface area contributed by atoms with E-state index in [9.17, 15) is 0 Å². The van der Waals surface area contributed by atoms with Gasteiger partial charge >= 0.3 is 0 Å². The van der Waals surface area contributed by atoms with Crippen LogP contribution < -0.4 is 0 Å². The van der Waals surface area contributed by atoms with E-state index in [1.807, 2.05) is 0 Å². The first-order valence-corrected chi connectivity index (χ1v) is 7.58. The molecule has 1 aliphatic rings. The SMILES string of the molecule is BrC1=Cc2c(cccc2-c2ccc3ccccc3c2)C1. The normalized spacial score (nSPS) is 13.3. The molecule has 1 aliphatic carbocycles. The van der Waals surface area contributed by atoms with E-state index in [-0.39, 0.29) is 0 Å². The van der Waals surface area contributed by atoms with Crippen molar-refractivity contribution in [2.75, 3.05) is 0 Å². The molecule has 20 heavy (non-hydrogen) atoms. The first-order valence-electron chi connectivity index (χ1n) is 6.78. The van der Waals surface area contributed by atoms with Gasteiger partial charge in [0.25, 0.3) is 0 Å². The first-order chi connectivity index (χ1) is 9.81. The van der Waals surface area contributed by atoms with Gasteiger partial charge in [0.15, 0.2) is 0 Å². The molecule has 0 atom stereocenters. The van der Waals surface area contributed by atoms with Crippen molar-refractivity contribution in [2.45, 2.75) is 6.42 Å². The number of hydrogen-bond acceptors (Lipinski definition) is 0. The first kappa shape index (κ1) is 11.9. The number of allylic oxidation sites excluding steroid dienone is 1. The summed E-state index contributed by atoms with van der Waals surface area (Å²) in [6.45, 7) is 0. The average Bonchev–Trinajstić information content (AvgIpc) is 2.86. The van der Waals surface area contributed by atoms with Gasteiger partial charge in [-0.05, 0) is 45.2 Å². The molecule has 0 amide bonds. The highest BCUT2D eigenvalue weighted by Gasteiger charge is 2.15. The van der Waals surface area contributed by atoms with E-state index < -0.39 is 0 Å². The van der Waals surface area contributed by atoms with Gasteiger partial charge < -0.3 is 0 Å². The van der Waals surface area contributed by atoms with Crippen LogP contribution in [0.15, 0.2) is 65.1 Å². The van der Waals surface area contributed by atoms with Gasteiger partial charge in [-0.2, -0.15) is 0 Å². The number of rotatable bonds is 1. The highest BCUT2D eigenvalue weighted by molar-refractivity contribution is 9.11. The monoisotopic (exact) mass is 320 g/mol. The molecular formula is C19H13Br. The van der Waals surface area contributed by atoms with E-state index in [1.54, 1.807) is 0 Å². The predicted molar refractivity (Wildman–Crippen MR) is 90.0 cm³/mol. The van der Waals surface area contributed by atoms with E-state index in [0.717, 1.165) is 6.42 Å². The summed E-state index contributed by atoms with van der Waals surface area (Å²) in [6.07, 6.45) is 3.26. The molecule has 0 saturated heterocycles. The van der Waals surface area contributed by atoms with Crippen LogP contribution in [-0.2, 0) is 6.42 Å². The van der Waals surface area contributed by atoms with Crippen LogP contribution in [0.5, 0.6) is 0 Å². The Bertz CT molecular complexity index is 843. The largest absolute Gasteiger partial charge is 0.0616 e. The van der Waals surface area contributed by atoms with E-state index in [1.165, 1.54) is 37.5 Å². The summed E-state index contributed by atoms with van der Waals surface area (Å²) in [5, 5.41) is 2.59. The van der Waals surface area contributed by atoms with Crippen LogP contribution in [0, 0.1) is 0 Å². The summed E-state index contributed by atoms with van der Waals surface area (Å²) in [5.74, 6) is 0. The summed E-state index contributed by atoms with van der Waals surface area (Å²) in [5.41, 5.74) is 5.37. The second-order valence-corrected chi connectivity index (χ2v) is 6.23. The fourth-order valence-electron chi connectivity index (χ4n) is 2.94. The molecule has 0 saturated carbocycles. The van der Waals surface area contributed by atoms with Gasteiger partial charge in [-0.3, -0.25) is 0 Å². The molecule has 1 heteroatoms. The minimum absolute atomic E-state index is 1.01. The molecule has 3 aromatic rings. The van der Waals surface area contributed by atoms with Gasteiger partial charge in [0, 0.05) is 10.9 Å². The summed E-state index contributed by atoms with van der Waals surface area (Å²) in [6, 6.07) is 21.8. The number of hydrogen-bond donors (Lipinski definition) is 0. The second kappa shape index (κ2) is 4.60. The Morgan fingerprint density at radius 2 is 1.65 bits per heavy atom. The molecule has 96 valence electrons. The third kappa shape index (κ3) is 1.90. The zero-order valence-corrected chi connectivity index (χ0v) is 12.5. The van der Waals surface area contributed by atoms with Gasteiger partial charge in [-0.15, -0.1) is 0 Å². The molecule has 4 rings (SSSR count). The standard InChI is InChI=1S/C19H13Br/c20-17-11-15-6-3-7-18(19(15)12-17)16-9-8-13-4-1-2-5-14(13)10-16/h1-10,12H,11H2. The second-order valence-electron chi connectivity index (χ2n) is 5.21. The smallest absolute Gasteiger partial charge is 0.00470 e. The van der Waals surface area contributed by atoms with Crippen LogP contribution in [0.3, 0.4) is 0 Å². The fourth-order valence-corrected chi connectivity index (χ4v) is 3.47. The van der Waals surface area contributed by atoms with Gasteiger partial charge in [0.1, 0.15) is 0 Å². The Morgan fingerprint density at radius 1 is 0.800 bits per heavy atom. The Kier molecular flexibility index (Phi) is 2.75. The molecular weight excluding hydrogens is 308 g/mol. The summed E-state index contributed by atoms with van der Waals surface area (Å²) in [7, 11) is 0. The topological polar surface area (TPSA) is 0 Å². The molecule has 0 radical (unpaired) electrons. The fraction of sp³-hybridized carbons (Fsp3) is 0.0526. The maximum absolute atomic E-state index is 3.63. The summed E-state index contributed by atoms with van der Waals surface area (Å²) >= 11 is 3.63. The van der Waals surface area contributed by atoms with Crippen molar-refractivity contribution in [1.29, 1.82) is 0 Å². The van der Waals surface area contributed by atoms with Crippen LogP contribution in [0.2, 0.25) is 0 Å². The van der Waals surface area contributed by atoms with Crippen LogP contribution in [0.4, 0.5) is 0 Å². The van der Waals surface area contributed by atoms with Crippen molar-refractivity contribution in [3.05, 3.63) is 76.3 Å². The van der Waals surface area contributed by atoms with Gasteiger partial charge in [-0.1, -0.05) is 70.5 Å². The predicted octanol–water partition coefficient (Wildman–Crippen LogP) is 5.80. The number of halogens is 1. The van der Waals surface area contributed by atoms with Crippen molar-refractivity contribution in [3.8, 4) is 11.1 Å². The van der Waals surface area contributed by atoms with E-state index in [0.29, 0.717) is 0 Å². The molecule has 0 aromatic heterocycles. The van der Waals surface area contributed by atoms with Crippen molar-refractivity contribution < 1.29 is 0 Å². The molecule has 0 N–H and O–H groups in total. The maximum Gasteiger partial charge on any atom is 0.00470 e. The van der Waals surface area contributed by atoms with Crippen molar-refractivity contribution >= 4 is 32.8 Å². The third-order valence-electron chi connectivity index (χ3n) is 3.92. The van der Waals surface area contributed by atoms with Crippen LogP contribution in [0.25, 0.3) is 28.0 Å².